The van der Waals surface area contributed by atoms with Crippen molar-refractivity contribution < 1.29 is 9.18 Å². The first kappa shape index (κ1) is 23.4. The van der Waals surface area contributed by atoms with Crippen LogP contribution in [0.4, 0.5) is 9.39 Å². The van der Waals surface area contributed by atoms with Crippen LogP contribution in [0.1, 0.15) is 23.2 Å². The van der Waals surface area contributed by atoms with Gasteiger partial charge in [0, 0.05) is 39.3 Å². The fraction of sp³-hybridized carbons (Fsp3) is 0.400. The summed E-state index contributed by atoms with van der Waals surface area (Å²) in [4.78, 5) is 18.7. The Bertz CT molecular complexity index is 794. The smallest absolute Gasteiger partial charge is 0.254 e. The molecule has 1 aliphatic heterocycles. The SMILES string of the molecule is CN=C(NCCNC(=O)c1ccccc1F)NC1CCN(c2cccs2)CC1.I. The number of piperidine rings is 1. The average molecular weight is 531 g/mol. The van der Waals surface area contributed by atoms with Gasteiger partial charge in [-0.2, -0.15) is 0 Å². The zero-order chi connectivity index (χ0) is 19.8. The number of thiophene rings is 1. The number of amides is 1. The zero-order valence-electron chi connectivity index (χ0n) is 16.4. The molecule has 2 heterocycles. The van der Waals surface area contributed by atoms with Crippen molar-refractivity contribution in [3.05, 3.63) is 53.2 Å². The Morgan fingerprint density at radius 2 is 1.90 bits per heavy atom. The van der Waals surface area contributed by atoms with Gasteiger partial charge >= 0.3 is 0 Å². The Hall–Kier alpha value is -1.88. The number of rotatable bonds is 6. The number of nitrogens with one attached hydrogen (secondary N) is 3. The lowest BCUT2D eigenvalue weighted by atomic mass is 10.1. The molecule has 1 saturated heterocycles. The summed E-state index contributed by atoms with van der Waals surface area (Å²) in [5, 5.41) is 12.8. The molecular weight excluding hydrogens is 504 g/mol. The summed E-state index contributed by atoms with van der Waals surface area (Å²) in [6.45, 7) is 2.93. The number of halogens is 2. The van der Waals surface area contributed by atoms with Gasteiger partial charge < -0.3 is 20.9 Å². The minimum Gasteiger partial charge on any atom is -0.363 e. The maximum Gasteiger partial charge on any atom is 0.254 e. The van der Waals surface area contributed by atoms with Gasteiger partial charge in [0.25, 0.3) is 5.91 Å². The third kappa shape index (κ3) is 6.84. The minimum absolute atomic E-state index is 0. The lowest BCUT2D eigenvalue weighted by Gasteiger charge is -2.33. The molecule has 2 aromatic rings. The van der Waals surface area contributed by atoms with E-state index in [0.29, 0.717) is 19.1 Å². The van der Waals surface area contributed by atoms with Crippen LogP contribution < -0.4 is 20.9 Å². The maximum atomic E-state index is 13.6. The predicted octanol–water partition coefficient (Wildman–Crippen LogP) is 3.07. The third-order valence-electron chi connectivity index (χ3n) is 4.70. The Morgan fingerprint density at radius 3 is 2.55 bits per heavy atom. The molecule has 0 bridgehead atoms. The van der Waals surface area contributed by atoms with Crippen LogP contribution in [0.2, 0.25) is 0 Å². The number of hydrogen-bond acceptors (Lipinski definition) is 4. The highest BCUT2D eigenvalue weighted by molar-refractivity contribution is 14.0. The van der Waals surface area contributed by atoms with E-state index in [4.69, 9.17) is 0 Å². The van der Waals surface area contributed by atoms with Crippen LogP contribution in [-0.2, 0) is 0 Å². The second kappa shape index (κ2) is 12.0. The van der Waals surface area contributed by atoms with E-state index in [-0.39, 0.29) is 29.5 Å². The summed E-state index contributed by atoms with van der Waals surface area (Å²) in [6, 6.07) is 10.6. The molecule has 0 saturated carbocycles. The summed E-state index contributed by atoms with van der Waals surface area (Å²) < 4.78 is 13.6. The molecule has 1 aromatic heterocycles. The molecule has 0 unspecified atom stereocenters. The van der Waals surface area contributed by atoms with E-state index in [1.807, 2.05) is 0 Å². The number of hydrogen-bond donors (Lipinski definition) is 3. The van der Waals surface area contributed by atoms with E-state index in [9.17, 15) is 9.18 Å². The van der Waals surface area contributed by atoms with Gasteiger partial charge in [0.1, 0.15) is 5.82 Å². The monoisotopic (exact) mass is 531 g/mol. The number of benzene rings is 1. The van der Waals surface area contributed by atoms with Crippen LogP contribution in [0.25, 0.3) is 0 Å². The number of carbonyl (C=O) groups is 1. The molecule has 3 rings (SSSR count). The molecule has 0 atom stereocenters. The number of anilines is 1. The number of nitrogens with zero attached hydrogens (tertiary/aromatic N) is 2. The maximum absolute atomic E-state index is 13.6. The van der Waals surface area contributed by atoms with Crippen molar-refractivity contribution in [1.29, 1.82) is 0 Å². The van der Waals surface area contributed by atoms with Gasteiger partial charge in [-0.3, -0.25) is 9.79 Å². The van der Waals surface area contributed by atoms with Gasteiger partial charge in [0.15, 0.2) is 5.96 Å². The van der Waals surface area contributed by atoms with Gasteiger partial charge in [0.2, 0.25) is 0 Å². The molecule has 1 aliphatic rings. The molecule has 0 spiro atoms. The average Bonchev–Trinajstić information content (AvgIpc) is 3.26. The normalized spacial score (nSPS) is 14.8. The molecule has 6 nitrogen and oxygen atoms in total. The lowest BCUT2D eigenvalue weighted by molar-refractivity contribution is 0.0950. The first-order chi connectivity index (χ1) is 13.7. The van der Waals surface area contributed by atoms with E-state index in [2.05, 4.69) is 43.4 Å². The number of guanidine groups is 1. The second-order valence-corrected chi connectivity index (χ2v) is 7.52. The van der Waals surface area contributed by atoms with Crippen molar-refractivity contribution in [3.63, 3.8) is 0 Å². The molecule has 9 heteroatoms. The fourth-order valence-electron chi connectivity index (χ4n) is 3.18. The van der Waals surface area contributed by atoms with Crippen LogP contribution in [0.3, 0.4) is 0 Å². The number of carbonyl (C=O) groups excluding carboxylic acids is 1. The van der Waals surface area contributed by atoms with Crippen molar-refractivity contribution >= 4 is 52.2 Å². The molecule has 158 valence electrons. The molecule has 29 heavy (non-hydrogen) atoms. The van der Waals surface area contributed by atoms with Crippen molar-refractivity contribution in [2.24, 2.45) is 4.99 Å². The van der Waals surface area contributed by atoms with E-state index in [1.54, 1.807) is 30.5 Å². The van der Waals surface area contributed by atoms with Crippen molar-refractivity contribution in [2.45, 2.75) is 18.9 Å². The van der Waals surface area contributed by atoms with Crippen LogP contribution in [0.5, 0.6) is 0 Å². The predicted molar refractivity (Wildman–Crippen MR) is 128 cm³/mol. The Labute approximate surface area is 192 Å². The molecule has 0 radical (unpaired) electrons. The first-order valence-corrected chi connectivity index (χ1v) is 10.3. The van der Waals surface area contributed by atoms with E-state index in [1.165, 1.54) is 17.1 Å². The summed E-state index contributed by atoms with van der Waals surface area (Å²) in [5.74, 6) is -0.210. The molecule has 0 aliphatic carbocycles. The minimum atomic E-state index is -0.515. The van der Waals surface area contributed by atoms with E-state index < -0.39 is 11.7 Å². The van der Waals surface area contributed by atoms with Crippen molar-refractivity contribution in [1.82, 2.24) is 16.0 Å². The standard InChI is InChI=1S/C20H26FN5OS.HI/c1-22-20(24-11-10-23-19(27)16-5-2-3-6-17(16)21)25-15-8-12-26(13-9-15)18-7-4-14-28-18;/h2-7,14-15H,8-13H2,1H3,(H,23,27)(H2,22,24,25);1H. The summed E-state index contributed by atoms with van der Waals surface area (Å²) in [6.07, 6.45) is 2.09. The molecular formula is C20H27FIN5OS. The van der Waals surface area contributed by atoms with Gasteiger partial charge in [-0.25, -0.2) is 4.39 Å². The van der Waals surface area contributed by atoms with Crippen molar-refractivity contribution in [3.8, 4) is 0 Å². The van der Waals surface area contributed by atoms with Gasteiger partial charge in [0.05, 0.1) is 10.6 Å². The Morgan fingerprint density at radius 1 is 1.17 bits per heavy atom. The largest absolute Gasteiger partial charge is 0.363 e. The highest BCUT2D eigenvalue weighted by Crippen LogP contribution is 2.24. The molecule has 1 fully saturated rings. The van der Waals surface area contributed by atoms with Crippen LogP contribution >= 0.6 is 35.3 Å². The fourth-order valence-corrected chi connectivity index (χ4v) is 3.96. The zero-order valence-corrected chi connectivity index (χ0v) is 19.5. The van der Waals surface area contributed by atoms with E-state index >= 15 is 0 Å². The van der Waals surface area contributed by atoms with Gasteiger partial charge in [-0.05, 0) is 42.5 Å². The van der Waals surface area contributed by atoms with Crippen LogP contribution in [0, 0.1) is 5.82 Å². The van der Waals surface area contributed by atoms with Gasteiger partial charge in [-0.1, -0.05) is 12.1 Å². The highest BCUT2D eigenvalue weighted by atomic mass is 127. The summed E-state index contributed by atoms with van der Waals surface area (Å²) in [5.41, 5.74) is 0.0579. The van der Waals surface area contributed by atoms with Crippen molar-refractivity contribution in [2.75, 3.05) is 38.1 Å². The van der Waals surface area contributed by atoms with E-state index in [0.717, 1.165) is 31.9 Å². The Kier molecular flexibility index (Phi) is 9.65. The lowest BCUT2D eigenvalue weighted by Crippen LogP contribution is -2.49. The topological polar surface area (TPSA) is 68.8 Å². The highest BCUT2D eigenvalue weighted by Gasteiger charge is 2.20. The number of aliphatic imine (C=N–C) groups is 1. The quantitative estimate of drug-likeness (QED) is 0.232. The summed E-state index contributed by atoms with van der Waals surface area (Å²) >= 11 is 1.78. The first-order valence-electron chi connectivity index (χ1n) is 9.45. The molecule has 1 amide bonds. The Balaban J connectivity index is 0.00000300. The van der Waals surface area contributed by atoms with Crippen LogP contribution in [-0.4, -0.2) is 51.1 Å². The molecule has 1 aromatic carbocycles. The van der Waals surface area contributed by atoms with Crippen LogP contribution in [0.15, 0.2) is 46.8 Å². The third-order valence-corrected chi connectivity index (χ3v) is 5.63. The van der Waals surface area contributed by atoms with Gasteiger partial charge in [-0.15, -0.1) is 35.3 Å². The summed E-state index contributed by atoms with van der Waals surface area (Å²) in [7, 11) is 1.73. The second-order valence-electron chi connectivity index (χ2n) is 6.59. The molecule has 3 N–H and O–H groups in total.